The fraction of sp³-hybridized carbons (Fsp3) is 0.667. The SMILES string of the molecule is COCCN(Cc1cccc(C)c1)C[C@@H](O)COC(C)(C)C. The van der Waals surface area contributed by atoms with Crippen molar-refractivity contribution in [1.82, 2.24) is 4.90 Å². The van der Waals surface area contributed by atoms with E-state index in [2.05, 4.69) is 36.1 Å². The second kappa shape index (κ2) is 9.26. The molecule has 0 spiro atoms. The summed E-state index contributed by atoms with van der Waals surface area (Å²) < 4.78 is 10.8. The van der Waals surface area contributed by atoms with E-state index in [1.807, 2.05) is 20.8 Å². The Morgan fingerprint density at radius 1 is 1.27 bits per heavy atom. The Hall–Kier alpha value is -0.940. The van der Waals surface area contributed by atoms with Crippen LogP contribution in [0.3, 0.4) is 0 Å². The molecule has 0 heterocycles. The third-order valence-electron chi connectivity index (χ3n) is 3.28. The lowest BCUT2D eigenvalue weighted by atomic mass is 10.1. The molecule has 0 aliphatic carbocycles. The smallest absolute Gasteiger partial charge is 0.0900 e. The van der Waals surface area contributed by atoms with Gasteiger partial charge in [-0.2, -0.15) is 0 Å². The van der Waals surface area contributed by atoms with E-state index in [4.69, 9.17) is 9.47 Å². The maximum Gasteiger partial charge on any atom is 0.0900 e. The molecule has 1 atom stereocenters. The van der Waals surface area contributed by atoms with E-state index >= 15 is 0 Å². The minimum atomic E-state index is -0.499. The number of hydrogen-bond acceptors (Lipinski definition) is 4. The van der Waals surface area contributed by atoms with E-state index in [0.29, 0.717) is 19.8 Å². The third kappa shape index (κ3) is 8.49. The summed E-state index contributed by atoms with van der Waals surface area (Å²) in [5.41, 5.74) is 2.27. The monoisotopic (exact) mass is 309 g/mol. The Balaban J connectivity index is 2.56. The first-order valence-corrected chi connectivity index (χ1v) is 7.89. The number of benzene rings is 1. The molecule has 0 amide bonds. The van der Waals surface area contributed by atoms with Gasteiger partial charge >= 0.3 is 0 Å². The van der Waals surface area contributed by atoms with Gasteiger partial charge in [-0.25, -0.2) is 0 Å². The van der Waals surface area contributed by atoms with Crippen LogP contribution >= 0.6 is 0 Å². The molecule has 0 aliphatic heterocycles. The van der Waals surface area contributed by atoms with Crippen LogP contribution in [0.25, 0.3) is 0 Å². The number of methoxy groups -OCH3 is 1. The van der Waals surface area contributed by atoms with E-state index in [0.717, 1.165) is 13.1 Å². The molecule has 0 bridgehead atoms. The number of aryl methyl sites for hydroxylation is 1. The molecule has 0 aliphatic rings. The van der Waals surface area contributed by atoms with Crippen molar-refractivity contribution >= 4 is 0 Å². The average Bonchev–Trinajstić information content (AvgIpc) is 2.42. The molecule has 0 saturated carbocycles. The molecule has 1 N–H and O–H groups in total. The topological polar surface area (TPSA) is 41.9 Å². The summed E-state index contributed by atoms with van der Waals surface area (Å²) in [6, 6.07) is 8.45. The summed E-state index contributed by atoms with van der Waals surface area (Å²) in [6.45, 7) is 11.2. The van der Waals surface area contributed by atoms with Crippen LogP contribution < -0.4 is 0 Å². The highest BCUT2D eigenvalue weighted by Gasteiger charge is 2.16. The van der Waals surface area contributed by atoms with Gasteiger partial charge in [0.1, 0.15) is 0 Å². The van der Waals surface area contributed by atoms with Crippen LogP contribution in [0, 0.1) is 6.92 Å². The molecule has 0 aromatic heterocycles. The van der Waals surface area contributed by atoms with Gasteiger partial charge in [-0.3, -0.25) is 4.90 Å². The van der Waals surface area contributed by atoms with Crippen LogP contribution in [0.2, 0.25) is 0 Å². The molecular formula is C18H31NO3. The predicted octanol–water partition coefficient (Wildman–Crippen LogP) is 2.62. The van der Waals surface area contributed by atoms with Gasteiger partial charge in [0.25, 0.3) is 0 Å². The molecule has 1 aromatic carbocycles. The lowest BCUT2D eigenvalue weighted by Gasteiger charge is -2.27. The minimum absolute atomic E-state index is 0.227. The first kappa shape index (κ1) is 19.1. The number of aliphatic hydroxyl groups is 1. The van der Waals surface area contributed by atoms with Crippen LogP contribution in [0.1, 0.15) is 31.9 Å². The first-order chi connectivity index (χ1) is 10.3. The van der Waals surface area contributed by atoms with Crippen molar-refractivity contribution < 1.29 is 14.6 Å². The zero-order valence-corrected chi connectivity index (χ0v) is 14.6. The van der Waals surface area contributed by atoms with Crippen molar-refractivity contribution in [2.75, 3.05) is 33.4 Å². The first-order valence-electron chi connectivity index (χ1n) is 7.89. The highest BCUT2D eigenvalue weighted by molar-refractivity contribution is 5.22. The van der Waals surface area contributed by atoms with E-state index in [1.54, 1.807) is 7.11 Å². The number of aliphatic hydroxyl groups excluding tert-OH is 1. The summed E-state index contributed by atoms with van der Waals surface area (Å²) in [7, 11) is 1.70. The standard InChI is InChI=1S/C18H31NO3/c1-15-7-6-8-16(11-15)12-19(9-10-21-5)13-17(20)14-22-18(2,3)4/h6-8,11,17,20H,9-10,12-14H2,1-5H3/t17-/m1/s1. The lowest BCUT2D eigenvalue weighted by molar-refractivity contribution is -0.0576. The predicted molar refractivity (Wildman–Crippen MR) is 90.0 cm³/mol. The van der Waals surface area contributed by atoms with Gasteiger partial charge in [-0.1, -0.05) is 29.8 Å². The molecule has 0 radical (unpaired) electrons. The molecule has 0 fully saturated rings. The summed E-state index contributed by atoms with van der Waals surface area (Å²) in [6.07, 6.45) is -0.499. The highest BCUT2D eigenvalue weighted by atomic mass is 16.5. The molecule has 126 valence electrons. The van der Waals surface area contributed by atoms with Gasteiger partial charge in [0, 0.05) is 26.7 Å². The average molecular weight is 309 g/mol. The van der Waals surface area contributed by atoms with Crippen LogP contribution in [-0.4, -0.2) is 55.1 Å². The fourth-order valence-corrected chi connectivity index (χ4v) is 2.22. The number of nitrogens with zero attached hydrogens (tertiary/aromatic N) is 1. The molecule has 22 heavy (non-hydrogen) atoms. The van der Waals surface area contributed by atoms with Crippen molar-refractivity contribution in [2.24, 2.45) is 0 Å². The summed E-state index contributed by atoms with van der Waals surface area (Å²) in [5.74, 6) is 0. The lowest BCUT2D eigenvalue weighted by Crippen LogP contribution is -2.38. The zero-order chi connectivity index (χ0) is 16.6. The molecule has 1 rings (SSSR count). The number of ether oxygens (including phenoxy) is 2. The van der Waals surface area contributed by atoms with Crippen LogP contribution in [-0.2, 0) is 16.0 Å². The van der Waals surface area contributed by atoms with Crippen molar-refractivity contribution in [3.05, 3.63) is 35.4 Å². The normalized spacial score (nSPS) is 13.6. The van der Waals surface area contributed by atoms with E-state index in [9.17, 15) is 5.11 Å². The second-order valence-corrected chi connectivity index (χ2v) is 6.79. The van der Waals surface area contributed by atoms with Gasteiger partial charge in [0.05, 0.1) is 24.9 Å². The molecule has 0 unspecified atom stereocenters. The maximum atomic E-state index is 10.2. The van der Waals surface area contributed by atoms with Crippen LogP contribution in [0.15, 0.2) is 24.3 Å². The molecule has 0 saturated heterocycles. The summed E-state index contributed by atoms with van der Waals surface area (Å²) in [5, 5.41) is 10.2. The van der Waals surface area contributed by atoms with Gasteiger partial charge in [-0.05, 0) is 33.3 Å². The quantitative estimate of drug-likeness (QED) is 0.761. The van der Waals surface area contributed by atoms with Gasteiger partial charge in [0.2, 0.25) is 0 Å². The van der Waals surface area contributed by atoms with E-state index in [1.165, 1.54) is 11.1 Å². The van der Waals surface area contributed by atoms with E-state index in [-0.39, 0.29) is 5.60 Å². The van der Waals surface area contributed by atoms with Crippen LogP contribution in [0.4, 0.5) is 0 Å². The molecular weight excluding hydrogens is 278 g/mol. The fourth-order valence-electron chi connectivity index (χ4n) is 2.22. The van der Waals surface area contributed by atoms with Crippen molar-refractivity contribution in [3.63, 3.8) is 0 Å². The van der Waals surface area contributed by atoms with Crippen LogP contribution in [0.5, 0.6) is 0 Å². The number of rotatable bonds is 9. The van der Waals surface area contributed by atoms with Crippen molar-refractivity contribution in [2.45, 2.75) is 45.9 Å². The van der Waals surface area contributed by atoms with Crippen molar-refractivity contribution in [1.29, 1.82) is 0 Å². The highest BCUT2D eigenvalue weighted by Crippen LogP contribution is 2.10. The Labute approximate surface area is 135 Å². The number of hydrogen-bond donors (Lipinski definition) is 1. The maximum absolute atomic E-state index is 10.2. The molecule has 4 nitrogen and oxygen atoms in total. The van der Waals surface area contributed by atoms with E-state index < -0.39 is 6.10 Å². The van der Waals surface area contributed by atoms with Gasteiger partial charge in [0.15, 0.2) is 0 Å². The van der Waals surface area contributed by atoms with Gasteiger partial charge < -0.3 is 14.6 Å². The second-order valence-electron chi connectivity index (χ2n) is 6.79. The largest absolute Gasteiger partial charge is 0.389 e. The zero-order valence-electron chi connectivity index (χ0n) is 14.6. The summed E-state index contributed by atoms with van der Waals surface area (Å²) >= 11 is 0. The van der Waals surface area contributed by atoms with Crippen molar-refractivity contribution in [3.8, 4) is 0 Å². The summed E-state index contributed by atoms with van der Waals surface area (Å²) in [4.78, 5) is 2.20. The molecule has 4 heteroatoms. The Morgan fingerprint density at radius 3 is 2.59 bits per heavy atom. The molecule has 1 aromatic rings. The minimum Gasteiger partial charge on any atom is -0.389 e. The van der Waals surface area contributed by atoms with Gasteiger partial charge in [-0.15, -0.1) is 0 Å². The Bertz CT molecular complexity index is 429. The third-order valence-corrected chi connectivity index (χ3v) is 3.28. The Kier molecular flexibility index (Phi) is 8.04. The Morgan fingerprint density at radius 2 is 2.00 bits per heavy atom.